The van der Waals surface area contributed by atoms with Crippen molar-refractivity contribution in [1.82, 2.24) is 0 Å². The van der Waals surface area contributed by atoms with Crippen LogP contribution in [0.15, 0.2) is 18.2 Å². The summed E-state index contributed by atoms with van der Waals surface area (Å²) in [7, 11) is -3.57. The Labute approximate surface area is 110 Å². The van der Waals surface area contributed by atoms with Crippen LogP contribution in [0.4, 0.5) is 10.1 Å². The van der Waals surface area contributed by atoms with Gasteiger partial charge in [0.25, 0.3) is 5.69 Å². The van der Waals surface area contributed by atoms with E-state index in [4.69, 9.17) is 5.73 Å². The Bertz CT molecular complexity index is 593. The molecule has 1 rings (SSSR count). The van der Waals surface area contributed by atoms with E-state index >= 15 is 0 Å². The summed E-state index contributed by atoms with van der Waals surface area (Å²) in [5, 5.41) is 10.6. The van der Waals surface area contributed by atoms with Gasteiger partial charge in [-0.05, 0) is 25.5 Å². The molecule has 0 radical (unpaired) electrons. The minimum atomic E-state index is -3.57. The molecule has 0 amide bonds. The van der Waals surface area contributed by atoms with Crippen molar-refractivity contribution in [3.8, 4) is 0 Å². The van der Waals surface area contributed by atoms with Crippen LogP contribution in [-0.4, -0.2) is 24.6 Å². The molecule has 2 N–H and O–H groups in total. The molecule has 6 nitrogen and oxygen atoms in total. The summed E-state index contributed by atoms with van der Waals surface area (Å²) in [4.78, 5) is 9.80. The largest absolute Gasteiger partial charge is 0.325 e. The molecule has 0 aromatic heterocycles. The highest BCUT2D eigenvalue weighted by Gasteiger charge is 2.23. The number of nitro groups is 1. The molecule has 0 saturated carbocycles. The average Bonchev–Trinajstić information content (AvgIpc) is 2.10. The van der Waals surface area contributed by atoms with Gasteiger partial charge in [-0.25, -0.2) is 12.8 Å². The van der Waals surface area contributed by atoms with E-state index in [0.717, 1.165) is 18.2 Å². The van der Waals surface area contributed by atoms with Gasteiger partial charge in [-0.3, -0.25) is 10.1 Å². The Balaban J connectivity index is 3.03. The molecule has 1 aromatic rings. The van der Waals surface area contributed by atoms with Gasteiger partial charge in [-0.2, -0.15) is 0 Å². The van der Waals surface area contributed by atoms with Crippen LogP contribution in [0.5, 0.6) is 0 Å². The number of hydrogen-bond acceptors (Lipinski definition) is 5. The fourth-order valence-corrected chi connectivity index (χ4v) is 3.60. The van der Waals surface area contributed by atoms with E-state index in [0.29, 0.717) is 0 Å². The van der Waals surface area contributed by atoms with E-state index in [1.807, 2.05) is 0 Å². The fraction of sp³-hybridized carbons (Fsp3) is 0.455. The van der Waals surface area contributed by atoms with Crippen molar-refractivity contribution < 1.29 is 17.7 Å². The predicted molar refractivity (Wildman–Crippen MR) is 68.8 cm³/mol. The van der Waals surface area contributed by atoms with Gasteiger partial charge >= 0.3 is 0 Å². The van der Waals surface area contributed by atoms with Gasteiger partial charge in [0.15, 0.2) is 9.84 Å². The lowest BCUT2D eigenvalue weighted by atomic mass is 10.1. The summed E-state index contributed by atoms with van der Waals surface area (Å²) < 4.78 is 36.8. The van der Waals surface area contributed by atoms with Crippen LogP contribution in [0, 0.1) is 15.9 Å². The lowest BCUT2D eigenvalue weighted by Gasteiger charge is -2.18. The van der Waals surface area contributed by atoms with Crippen molar-refractivity contribution in [2.75, 3.05) is 5.75 Å². The van der Waals surface area contributed by atoms with Crippen molar-refractivity contribution >= 4 is 15.5 Å². The van der Waals surface area contributed by atoms with Crippen LogP contribution in [0.25, 0.3) is 0 Å². The first-order chi connectivity index (χ1) is 8.48. The second-order valence-corrected chi connectivity index (χ2v) is 7.16. The van der Waals surface area contributed by atoms with E-state index in [9.17, 15) is 22.9 Å². The lowest BCUT2D eigenvalue weighted by Crippen LogP contribution is -2.40. The van der Waals surface area contributed by atoms with Crippen LogP contribution in [0.2, 0.25) is 0 Å². The zero-order valence-electron chi connectivity index (χ0n) is 10.6. The number of halogens is 1. The molecule has 0 atom stereocenters. The van der Waals surface area contributed by atoms with E-state index in [-0.39, 0.29) is 11.3 Å². The minimum absolute atomic E-state index is 0.0379. The van der Waals surface area contributed by atoms with E-state index in [1.54, 1.807) is 13.8 Å². The Morgan fingerprint density at radius 2 is 1.95 bits per heavy atom. The first-order valence-corrected chi connectivity index (χ1v) is 7.24. The highest BCUT2D eigenvalue weighted by atomic mass is 32.2. The Morgan fingerprint density at radius 3 is 2.42 bits per heavy atom. The van der Waals surface area contributed by atoms with Crippen molar-refractivity contribution in [3.05, 3.63) is 39.7 Å². The van der Waals surface area contributed by atoms with Crippen LogP contribution >= 0.6 is 0 Å². The standard InChI is InChI=1S/C11H15FN2O4S/c1-11(2,13)7-19(17,18)6-8-3-9(12)5-10(4-8)14(15)16/h3-5H,6-7,13H2,1-2H3. The molecule has 0 bridgehead atoms. The van der Waals surface area contributed by atoms with Gasteiger partial charge in [0, 0.05) is 11.6 Å². The number of nitrogens with zero attached hydrogens (tertiary/aromatic N) is 1. The van der Waals surface area contributed by atoms with Crippen LogP contribution < -0.4 is 5.73 Å². The normalized spacial score (nSPS) is 12.4. The average molecular weight is 290 g/mol. The summed E-state index contributed by atoms with van der Waals surface area (Å²) in [6.45, 7) is 3.11. The third kappa shape index (κ3) is 5.31. The van der Waals surface area contributed by atoms with E-state index in [1.165, 1.54) is 0 Å². The molecule has 0 spiro atoms. The molecule has 0 aliphatic rings. The molecule has 1 aromatic carbocycles. The van der Waals surface area contributed by atoms with E-state index in [2.05, 4.69) is 0 Å². The molecule has 0 saturated heterocycles. The van der Waals surface area contributed by atoms with E-state index < -0.39 is 37.6 Å². The third-order valence-corrected chi connectivity index (χ3v) is 4.09. The third-order valence-electron chi connectivity index (χ3n) is 2.13. The van der Waals surface area contributed by atoms with Gasteiger partial charge in [-0.15, -0.1) is 0 Å². The second kappa shape index (κ2) is 5.22. The van der Waals surface area contributed by atoms with Crippen molar-refractivity contribution in [3.63, 3.8) is 0 Å². The maximum Gasteiger partial charge on any atom is 0.272 e. The number of hydrogen-bond donors (Lipinski definition) is 1. The van der Waals surface area contributed by atoms with Gasteiger partial charge in [-0.1, -0.05) is 0 Å². The number of non-ortho nitro benzene ring substituents is 1. The first-order valence-electron chi connectivity index (χ1n) is 5.42. The summed E-state index contributed by atoms with van der Waals surface area (Å²) in [6.07, 6.45) is 0. The first kappa shape index (κ1) is 15.5. The van der Waals surface area contributed by atoms with Gasteiger partial charge in [0.2, 0.25) is 0 Å². The van der Waals surface area contributed by atoms with Crippen molar-refractivity contribution in [1.29, 1.82) is 0 Å². The molecule has 106 valence electrons. The minimum Gasteiger partial charge on any atom is -0.325 e. The van der Waals surface area contributed by atoms with Crippen LogP contribution in [0.3, 0.4) is 0 Å². The smallest absolute Gasteiger partial charge is 0.272 e. The highest BCUT2D eigenvalue weighted by molar-refractivity contribution is 7.90. The summed E-state index contributed by atoms with van der Waals surface area (Å²) in [6, 6.07) is 2.75. The highest BCUT2D eigenvalue weighted by Crippen LogP contribution is 2.19. The summed E-state index contributed by atoms with van der Waals surface area (Å²) in [5.74, 6) is -1.61. The molecule has 19 heavy (non-hydrogen) atoms. The molecular formula is C11H15FN2O4S. The van der Waals surface area contributed by atoms with Crippen LogP contribution in [-0.2, 0) is 15.6 Å². The maximum atomic E-state index is 13.2. The van der Waals surface area contributed by atoms with Gasteiger partial charge in [0.05, 0.1) is 22.5 Å². The molecule has 0 aliphatic heterocycles. The Hall–Kier alpha value is -1.54. The summed E-state index contributed by atoms with van der Waals surface area (Å²) >= 11 is 0. The number of rotatable bonds is 5. The van der Waals surface area contributed by atoms with Crippen molar-refractivity contribution in [2.24, 2.45) is 5.73 Å². The number of nitrogens with two attached hydrogens (primary N) is 1. The number of sulfone groups is 1. The topological polar surface area (TPSA) is 103 Å². The lowest BCUT2D eigenvalue weighted by molar-refractivity contribution is -0.385. The monoisotopic (exact) mass is 290 g/mol. The molecule has 0 heterocycles. The molecule has 0 fully saturated rings. The van der Waals surface area contributed by atoms with Gasteiger partial charge in [0.1, 0.15) is 5.82 Å². The Kier molecular flexibility index (Phi) is 4.26. The number of nitro benzene ring substituents is 1. The van der Waals surface area contributed by atoms with Gasteiger partial charge < -0.3 is 5.73 Å². The van der Waals surface area contributed by atoms with Crippen LogP contribution in [0.1, 0.15) is 19.4 Å². The Morgan fingerprint density at radius 1 is 1.37 bits per heavy atom. The SMILES string of the molecule is CC(C)(N)CS(=O)(=O)Cc1cc(F)cc([N+](=O)[O-])c1. The quantitative estimate of drug-likeness (QED) is 0.652. The van der Waals surface area contributed by atoms with Crippen molar-refractivity contribution in [2.45, 2.75) is 25.1 Å². The summed E-state index contributed by atoms with van der Waals surface area (Å²) in [5.41, 5.74) is 4.27. The fourth-order valence-electron chi connectivity index (χ4n) is 1.69. The zero-order valence-corrected chi connectivity index (χ0v) is 11.4. The maximum absolute atomic E-state index is 13.2. The molecular weight excluding hydrogens is 275 g/mol. The zero-order chi connectivity index (χ0) is 14.8. The number of benzene rings is 1. The molecule has 0 unspecified atom stereocenters. The predicted octanol–water partition coefficient (Wildman–Crippen LogP) is 1.39. The molecule has 0 aliphatic carbocycles. The molecule has 8 heteroatoms. The second-order valence-electron chi connectivity index (χ2n) is 5.10.